The average Bonchev–Trinajstić information content (AvgIpc) is 2.26. The molecule has 7 heteroatoms. The molecule has 1 heterocycles. The molecule has 0 aliphatic carbocycles. The fourth-order valence-electron chi connectivity index (χ4n) is 1.91. The van der Waals surface area contributed by atoms with Crippen molar-refractivity contribution in [2.45, 2.75) is 38.1 Å². The lowest BCUT2D eigenvalue weighted by atomic mass is 10.1. The molecule has 1 aliphatic heterocycles. The van der Waals surface area contributed by atoms with E-state index < -0.39 is 15.2 Å². The molecule has 0 saturated carbocycles. The quantitative estimate of drug-likeness (QED) is 0.828. The van der Waals surface area contributed by atoms with Gasteiger partial charge in [0.15, 0.2) is 9.84 Å². The Kier molecular flexibility index (Phi) is 5.70. The van der Waals surface area contributed by atoms with Crippen LogP contribution in [-0.2, 0) is 14.6 Å². The maximum absolute atomic E-state index is 12.2. The number of sulfone groups is 1. The summed E-state index contributed by atoms with van der Waals surface area (Å²) in [7, 11) is -3.21. The van der Waals surface area contributed by atoms with Crippen LogP contribution in [0, 0.1) is 0 Å². The highest BCUT2D eigenvalue weighted by Crippen LogP contribution is 2.21. The van der Waals surface area contributed by atoms with Crippen molar-refractivity contribution in [2.75, 3.05) is 30.9 Å². The zero-order chi connectivity index (χ0) is 14.7. The van der Waals surface area contributed by atoms with Crippen molar-refractivity contribution in [1.29, 1.82) is 0 Å². The first-order chi connectivity index (χ1) is 8.61. The molecule has 1 saturated heterocycles. The molecule has 1 N–H and O–H groups in total. The predicted octanol–water partition coefficient (Wildman–Crippen LogP) is 0.711. The molecule has 0 aromatic rings. The molecule has 5 nitrogen and oxygen atoms in total. The number of rotatable bonds is 4. The van der Waals surface area contributed by atoms with Crippen LogP contribution in [0.2, 0.25) is 0 Å². The minimum atomic E-state index is -3.21. The Balaban J connectivity index is 2.58. The summed E-state index contributed by atoms with van der Waals surface area (Å²) in [6.45, 7) is 7.20. The summed E-state index contributed by atoms with van der Waals surface area (Å²) in [5.74, 6) is 1.22. The molecule has 19 heavy (non-hydrogen) atoms. The van der Waals surface area contributed by atoms with Gasteiger partial charge >= 0.3 is 0 Å². The van der Waals surface area contributed by atoms with Gasteiger partial charge in [-0.3, -0.25) is 4.79 Å². The number of nitrogens with one attached hydrogen (secondary N) is 1. The van der Waals surface area contributed by atoms with Crippen molar-refractivity contribution < 1.29 is 13.2 Å². The first-order valence-corrected chi connectivity index (χ1v) is 9.53. The van der Waals surface area contributed by atoms with Gasteiger partial charge in [-0.15, -0.1) is 0 Å². The van der Waals surface area contributed by atoms with Crippen LogP contribution in [0.25, 0.3) is 0 Å². The van der Waals surface area contributed by atoms with Gasteiger partial charge in [-0.2, -0.15) is 11.8 Å². The second kappa shape index (κ2) is 6.45. The normalized spacial score (nSPS) is 21.5. The number of carbonyl (C=O) groups excluding carboxylic acids is 1. The Morgan fingerprint density at radius 2 is 2.05 bits per heavy atom. The van der Waals surface area contributed by atoms with Gasteiger partial charge in [0, 0.05) is 42.8 Å². The monoisotopic (exact) mass is 308 g/mol. The molecule has 0 aromatic heterocycles. The van der Waals surface area contributed by atoms with Crippen LogP contribution in [0.4, 0.5) is 0 Å². The second-order valence-corrected chi connectivity index (χ2v) is 9.23. The summed E-state index contributed by atoms with van der Waals surface area (Å²) in [6, 6.07) is 0. The lowest BCUT2D eigenvalue weighted by Gasteiger charge is -2.34. The molecule has 1 fully saturated rings. The van der Waals surface area contributed by atoms with Crippen LogP contribution in [0.15, 0.2) is 0 Å². The van der Waals surface area contributed by atoms with E-state index in [1.807, 2.05) is 20.8 Å². The molecule has 0 spiro atoms. The van der Waals surface area contributed by atoms with Gasteiger partial charge in [-0.1, -0.05) is 0 Å². The van der Waals surface area contributed by atoms with Gasteiger partial charge in [-0.05, 0) is 20.8 Å². The Morgan fingerprint density at radius 1 is 1.42 bits per heavy atom. The molecule has 112 valence electrons. The summed E-state index contributed by atoms with van der Waals surface area (Å²) in [5.41, 5.74) is -0.0335. The maximum atomic E-state index is 12.2. The van der Waals surface area contributed by atoms with Crippen LogP contribution in [0.1, 0.15) is 27.2 Å². The van der Waals surface area contributed by atoms with Gasteiger partial charge in [0.05, 0.1) is 0 Å². The van der Waals surface area contributed by atoms with E-state index in [1.165, 1.54) is 11.2 Å². The fraction of sp³-hybridized carbons (Fsp3) is 0.917. The van der Waals surface area contributed by atoms with Gasteiger partial charge in [0.2, 0.25) is 5.91 Å². The average molecular weight is 308 g/mol. The third-order valence-corrected chi connectivity index (χ3v) is 5.54. The minimum absolute atomic E-state index is 0.0335. The van der Waals surface area contributed by atoms with Crippen molar-refractivity contribution in [3.63, 3.8) is 0 Å². The SMILES string of the molecule is CC(C)(C)NCCC(=O)N1CCSCC1S(C)(=O)=O. The summed E-state index contributed by atoms with van der Waals surface area (Å²) < 4.78 is 23.4. The Morgan fingerprint density at radius 3 is 2.58 bits per heavy atom. The maximum Gasteiger partial charge on any atom is 0.224 e. The molecule has 1 aliphatic rings. The van der Waals surface area contributed by atoms with Gasteiger partial charge < -0.3 is 10.2 Å². The Bertz CT molecular complexity index is 415. The number of carbonyl (C=O) groups is 1. The summed E-state index contributed by atoms with van der Waals surface area (Å²) >= 11 is 1.59. The number of thioether (sulfide) groups is 1. The Hall–Kier alpha value is -0.270. The number of hydrogen-bond donors (Lipinski definition) is 1. The molecule has 1 unspecified atom stereocenters. The van der Waals surface area contributed by atoms with Crippen LogP contribution in [-0.4, -0.2) is 61.0 Å². The van der Waals surface area contributed by atoms with Crippen LogP contribution < -0.4 is 5.32 Å². The van der Waals surface area contributed by atoms with E-state index >= 15 is 0 Å². The summed E-state index contributed by atoms with van der Waals surface area (Å²) in [5, 5.41) is 2.58. The number of nitrogens with zero attached hydrogens (tertiary/aromatic N) is 1. The second-order valence-electron chi connectivity index (χ2n) is 5.87. The molecule has 1 amide bonds. The summed E-state index contributed by atoms with van der Waals surface area (Å²) in [6.07, 6.45) is 1.55. The van der Waals surface area contributed by atoms with Crippen molar-refractivity contribution in [1.82, 2.24) is 10.2 Å². The van der Waals surface area contributed by atoms with E-state index in [4.69, 9.17) is 0 Å². The first-order valence-electron chi connectivity index (χ1n) is 6.42. The van der Waals surface area contributed by atoms with Crippen LogP contribution >= 0.6 is 11.8 Å². The predicted molar refractivity (Wildman–Crippen MR) is 80.0 cm³/mol. The standard InChI is InChI=1S/C12H24N2O3S2/c1-12(2,3)13-6-5-10(15)14-7-8-18-9-11(14)19(4,16)17/h11,13H,5-9H2,1-4H3. The third-order valence-electron chi connectivity index (χ3n) is 2.89. The van der Waals surface area contributed by atoms with Crippen molar-refractivity contribution >= 4 is 27.5 Å². The highest BCUT2D eigenvalue weighted by Gasteiger charge is 2.33. The van der Waals surface area contributed by atoms with Gasteiger partial charge in [-0.25, -0.2) is 8.42 Å². The smallest absolute Gasteiger partial charge is 0.224 e. The van der Waals surface area contributed by atoms with E-state index in [0.717, 1.165) is 5.75 Å². The number of hydrogen-bond acceptors (Lipinski definition) is 5. The fourth-order valence-corrected chi connectivity index (χ4v) is 4.75. The van der Waals surface area contributed by atoms with Crippen molar-refractivity contribution in [3.05, 3.63) is 0 Å². The molecule has 1 rings (SSSR count). The molecule has 0 radical (unpaired) electrons. The topological polar surface area (TPSA) is 66.5 Å². The molecular weight excluding hydrogens is 284 g/mol. The number of amides is 1. The molecule has 0 aromatic carbocycles. The zero-order valence-corrected chi connectivity index (χ0v) is 13.7. The van der Waals surface area contributed by atoms with Crippen LogP contribution in [0.5, 0.6) is 0 Å². The van der Waals surface area contributed by atoms with Crippen LogP contribution in [0.3, 0.4) is 0 Å². The van der Waals surface area contributed by atoms with Crippen molar-refractivity contribution in [2.24, 2.45) is 0 Å². The molecule has 1 atom stereocenters. The largest absolute Gasteiger partial charge is 0.324 e. The first kappa shape index (κ1) is 16.8. The zero-order valence-electron chi connectivity index (χ0n) is 12.1. The van der Waals surface area contributed by atoms with Gasteiger partial charge in [0.1, 0.15) is 5.37 Å². The third kappa shape index (κ3) is 5.71. The lowest BCUT2D eigenvalue weighted by Crippen LogP contribution is -2.50. The molecule has 0 bridgehead atoms. The highest BCUT2D eigenvalue weighted by molar-refractivity contribution is 8.00. The Labute approximate surface area is 120 Å². The van der Waals surface area contributed by atoms with Crippen molar-refractivity contribution in [3.8, 4) is 0 Å². The van der Waals surface area contributed by atoms with Gasteiger partial charge in [0.25, 0.3) is 0 Å². The lowest BCUT2D eigenvalue weighted by molar-refractivity contribution is -0.131. The van der Waals surface area contributed by atoms with E-state index in [9.17, 15) is 13.2 Å². The molecular formula is C12H24N2O3S2. The highest BCUT2D eigenvalue weighted by atomic mass is 32.2. The van der Waals surface area contributed by atoms with E-state index in [0.29, 0.717) is 25.3 Å². The van der Waals surface area contributed by atoms with E-state index in [1.54, 1.807) is 11.8 Å². The minimum Gasteiger partial charge on any atom is -0.324 e. The summed E-state index contributed by atoms with van der Waals surface area (Å²) in [4.78, 5) is 13.7. The van der Waals surface area contributed by atoms with E-state index in [-0.39, 0.29) is 11.4 Å². The van der Waals surface area contributed by atoms with E-state index in [2.05, 4.69) is 5.32 Å².